The number of carboxylic acid groups (broad SMARTS) is 1. The summed E-state index contributed by atoms with van der Waals surface area (Å²) in [5.41, 5.74) is 0. The third kappa shape index (κ3) is 3.62. The zero-order valence-corrected chi connectivity index (χ0v) is 11.6. The number of hydrogen-bond donors (Lipinski definition) is 4. The van der Waals surface area contributed by atoms with Gasteiger partial charge in [-0.15, -0.1) is 0 Å². The molecule has 124 valence electrons. The van der Waals surface area contributed by atoms with Crippen LogP contribution >= 0.6 is 0 Å². The summed E-state index contributed by atoms with van der Waals surface area (Å²) in [7, 11) is 0. The summed E-state index contributed by atoms with van der Waals surface area (Å²) < 4.78 is 25.5. The first-order valence-corrected chi connectivity index (χ1v) is 6.81. The largest absolute Gasteiger partial charge is 0.465 e. The predicted octanol–water partition coefficient (Wildman–Crippen LogP) is -1.01. The highest BCUT2D eigenvalue weighted by molar-refractivity contribution is 5.84. The third-order valence-electron chi connectivity index (χ3n) is 3.80. The van der Waals surface area contributed by atoms with Crippen LogP contribution in [0.15, 0.2) is 0 Å². The molecule has 2 aliphatic rings. The van der Waals surface area contributed by atoms with Gasteiger partial charge in [-0.1, -0.05) is 0 Å². The van der Waals surface area contributed by atoms with E-state index in [4.69, 9.17) is 5.11 Å². The Bertz CT molecular complexity index is 479. The first-order chi connectivity index (χ1) is 10.2. The van der Waals surface area contributed by atoms with Gasteiger partial charge in [-0.25, -0.2) is 13.6 Å². The Balaban J connectivity index is 1.99. The van der Waals surface area contributed by atoms with Crippen LogP contribution in [0.4, 0.5) is 13.6 Å². The number of carbonyl (C=O) groups excluding carboxylic acids is 2. The molecule has 3 atom stereocenters. The number of carbonyl (C=O) groups is 3. The average molecular weight is 321 g/mol. The minimum absolute atomic E-state index is 0.0741. The lowest BCUT2D eigenvalue weighted by Crippen LogP contribution is -2.63. The summed E-state index contributed by atoms with van der Waals surface area (Å²) in [5, 5.41) is 23.3. The topological polar surface area (TPSA) is 119 Å². The first kappa shape index (κ1) is 16.4. The molecule has 22 heavy (non-hydrogen) atoms. The number of amides is 3. The van der Waals surface area contributed by atoms with E-state index in [-0.39, 0.29) is 12.3 Å². The third-order valence-corrected chi connectivity index (χ3v) is 3.80. The fraction of sp³-hybridized carbons (Fsp3) is 0.750. The van der Waals surface area contributed by atoms with E-state index < -0.39 is 49.1 Å². The highest BCUT2D eigenvalue weighted by Crippen LogP contribution is 2.28. The van der Waals surface area contributed by atoms with E-state index in [1.54, 1.807) is 0 Å². The molecule has 2 heterocycles. The van der Waals surface area contributed by atoms with Gasteiger partial charge in [0.05, 0.1) is 19.1 Å². The van der Waals surface area contributed by atoms with Gasteiger partial charge in [-0.2, -0.15) is 0 Å². The van der Waals surface area contributed by atoms with Crippen molar-refractivity contribution in [1.29, 1.82) is 0 Å². The van der Waals surface area contributed by atoms with Gasteiger partial charge in [0.2, 0.25) is 5.91 Å². The monoisotopic (exact) mass is 321 g/mol. The molecule has 2 fully saturated rings. The van der Waals surface area contributed by atoms with Crippen molar-refractivity contribution in [3.63, 3.8) is 0 Å². The van der Waals surface area contributed by atoms with E-state index in [0.717, 1.165) is 4.90 Å². The van der Waals surface area contributed by atoms with Crippen molar-refractivity contribution in [2.45, 2.75) is 30.9 Å². The number of rotatable bonds is 5. The van der Waals surface area contributed by atoms with Crippen LogP contribution in [0.2, 0.25) is 0 Å². The molecular formula is C12H17F2N3O5. The van der Waals surface area contributed by atoms with Crippen molar-refractivity contribution in [3.05, 3.63) is 0 Å². The molecule has 8 nitrogen and oxygen atoms in total. The van der Waals surface area contributed by atoms with E-state index in [2.05, 4.69) is 5.32 Å². The molecule has 0 aromatic rings. The molecule has 0 radical (unpaired) electrons. The molecule has 2 rings (SSSR count). The number of nitrogens with one attached hydrogen (secondary N) is 2. The van der Waals surface area contributed by atoms with Gasteiger partial charge < -0.3 is 25.7 Å². The number of likely N-dealkylation sites (tertiary alicyclic amines) is 1. The lowest BCUT2D eigenvalue weighted by Gasteiger charge is -2.40. The van der Waals surface area contributed by atoms with Gasteiger partial charge in [0.15, 0.2) is 6.10 Å². The van der Waals surface area contributed by atoms with Gasteiger partial charge in [0.25, 0.3) is 11.8 Å². The molecule has 0 aromatic heterocycles. The summed E-state index contributed by atoms with van der Waals surface area (Å²) in [6, 6.07) is -1.23. The number of alkyl halides is 2. The lowest BCUT2D eigenvalue weighted by molar-refractivity contribution is -0.174. The van der Waals surface area contributed by atoms with Crippen LogP contribution < -0.4 is 10.6 Å². The Morgan fingerprint density at radius 1 is 1.45 bits per heavy atom. The van der Waals surface area contributed by atoms with Crippen molar-refractivity contribution in [3.8, 4) is 0 Å². The van der Waals surface area contributed by atoms with Crippen LogP contribution in [-0.4, -0.2) is 70.7 Å². The Morgan fingerprint density at radius 3 is 2.55 bits per heavy atom. The quantitative estimate of drug-likeness (QED) is 0.517. The fourth-order valence-corrected chi connectivity index (χ4v) is 2.63. The van der Waals surface area contributed by atoms with Crippen LogP contribution in [0.25, 0.3) is 0 Å². The number of aliphatic hydroxyl groups excluding tert-OH is 1. The molecule has 0 aromatic carbocycles. The molecule has 0 saturated carbocycles. The Morgan fingerprint density at radius 2 is 2.09 bits per heavy atom. The van der Waals surface area contributed by atoms with Gasteiger partial charge in [0, 0.05) is 12.5 Å². The Kier molecular flexibility index (Phi) is 4.50. The minimum Gasteiger partial charge on any atom is -0.465 e. The molecule has 10 heteroatoms. The maximum Gasteiger partial charge on any atom is 0.404 e. The number of aliphatic hydroxyl groups is 1. The molecule has 0 bridgehead atoms. The molecule has 0 spiro atoms. The average Bonchev–Trinajstić information content (AvgIpc) is 2.78. The Hall–Kier alpha value is -1.97. The van der Waals surface area contributed by atoms with E-state index in [1.165, 1.54) is 0 Å². The van der Waals surface area contributed by atoms with Crippen molar-refractivity contribution in [2.24, 2.45) is 5.92 Å². The van der Waals surface area contributed by atoms with E-state index in [1.807, 2.05) is 5.32 Å². The highest BCUT2D eigenvalue weighted by atomic mass is 19.3. The van der Waals surface area contributed by atoms with Crippen LogP contribution in [-0.2, 0) is 9.59 Å². The molecule has 2 unspecified atom stereocenters. The van der Waals surface area contributed by atoms with Crippen molar-refractivity contribution >= 4 is 17.9 Å². The first-order valence-electron chi connectivity index (χ1n) is 6.81. The minimum atomic E-state index is -2.98. The van der Waals surface area contributed by atoms with Crippen molar-refractivity contribution in [1.82, 2.24) is 15.5 Å². The molecule has 4 N–H and O–H groups in total. The van der Waals surface area contributed by atoms with E-state index in [9.17, 15) is 28.3 Å². The second-order valence-corrected chi connectivity index (χ2v) is 5.56. The molecule has 0 aliphatic carbocycles. The fourth-order valence-electron chi connectivity index (χ4n) is 2.63. The summed E-state index contributed by atoms with van der Waals surface area (Å²) >= 11 is 0. The second-order valence-electron chi connectivity index (χ2n) is 5.56. The van der Waals surface area contributed by atoms with Crippen molar-refractivity contribution in [2.75, 3.05) is 19.6 Å². The maximum absolute atomic E-state index is 12.8. The van der Waals surface area contributed by atoms with Gasteiger partial charge in [-0.3, -0.25) is 9.59 Å². The predicted molar refractivity (Wildman–Crippen MR) is 68.2 cm³/mol. The summed E-state index contributed by atoms with van der Waals surface area (Å²) in [5.74, 6) is -4.76. The SMILES string of the molecule is O=C(O)N[C@@H](CC1CCNC1=O)C(O)C(=O)N1CC(F)(F)C1. The Labute approximate surface area is 124 Å². The van der Waals surface area contributed by atoms with Crippen LogP contribution in [0.5, 0.6) is 0 Å². The van der Waals surface area contributed by atoms with E-state index in [0.29, 0.717) is 13.0 Å². The van der Waals surface area contributed by atoms with E-state index >= 15 is 0 Å². The van der Waals surface area contributed by atoms with Crippen LogP contribution in [0.1, 0.15) is 12.8 Å². The molecular weight excluding hydrogens is 304 g/mol. The van der Waals surface area contributed by atoms with Gasteiger partial charge >= 0.3 is 6.09 Å². The summed E-state index contributed by atoms with van der Waals surface area (Å²) in [6.45, 7) is -1.16. The summed E-state index contributed by atoms with van der Waals surface area (Å²) in [6.07, 6.45) is -2.89. The normalized spacial score (nSPS) is 25.9. The standard InChI is InChI=1S/C12H17F2N3O5/c13-12(14)4-17(5-12)10(20)8(18)7(16-11(21)22)3-6-1-2-15-9(6)19/h6-8,16,18H,1-5H2,(H,15,19)(H,21,22)/t6?,7-,8?/m0/s1. The zero-order chi connectivity index (χ0) is 16.5. The summed E-state index contributed by atoms with van der Waals surface area (Å²) in [4.78, 5) is 35.0. The van der Waals surface area contributed by atoms with Gasteiger partial charge in [-0.05, 0) is 12.8 Å². The van der Waals surface area contributed by atoms with Crippen LogP contribution in [0, 0.1) is 5.92 Å². The smallest absolute Gasteiger partial charge is 0.404 e. The maximum atomic E-state index is 12.8. The molecule has 2 saturated heterocycles. The molecule has 2 aliphatic heterocycles. The number of halogens is 2. The van der Waals surface area contributed by atoms with Gasteiger partial charge in [0.1, 0.15) is 0 Å². The second kappa shape index (κ2) is 6.03. The number of nitrogens with zero attached hydrogens (tertiary/aromatic N) is 1. The lowest BCUT2D eigenvalue weighted by atomic mass is 9.94. The zero-order valence-electron chi connectivity index (χ0n) is 11.6. The highest BCUT2D eigenvalue weighted by Gasteiger charge is 2.48. The van der Waals surface area contributed by atoms with Crippen molar-refractivity contribution < 1.29 is 33.4 Å². The number of hydrogen-bond acceptors (Lipinski definition) is 4. The van der Waals surface area contributed by atoms with Crippen LogP contribution in [0.3, 0.4) is 0 Å². The molecule has 3 amide bonds.